The molecular weight excluding hydrogens is 356 g/mol. The van der Waals surface area contributed by atoms with Crippen LogP contribution in [0.5, 0.6) is 0 Å². The minimum absolute atomic E-state index is 0.198. The number of fused-ring (bicyclic) bond motifs is 1. The van der Waals surface area contributed by atoms with Gasteiger partial charge in [0.25, 0.3) is 0 Å². The summed E-state index contributed by atoms with van der Waals surface area (Å²) in [7, 11) is 0. The van der Waals surface area contributed by atoms with Crippen molar-refractivity contribution < 1.29 is 4.79 Å². The molecule has 0 saturated carbocycles. The highest BCUT2D eigenvalue weighted by Gasteiger charge is 2.38. The average molecular weight is 383 g/mol. The Kier molecular flexibility index (Phi) is 4.84. The second kappa shape index (κ2) is 7.15. The van der Waals surface area contributed by atoms with E-state index in [1.807, 2.05) is 4.68 Å². The number of carbonyl (C=O) groups is 1. The second-order valence-electron chi connectivity index (χ2n) is 7.77. The number of ketones is 1. The Labute approximate surface area is 164 Å². The van der Waals surface area contributed by atoms with Gasteiger partial charge in [-0.05, 0) is 35.1 Å². The van der Waals surface area contributed by atoms with Crippen LogP contribution < -0.4 is 5.32 Å². The molecule has 0 spiro atoms. The normalized spacial score (nSPS) is 21.9. The van der Waals surface area contributed by atoms with Crippen LogP contribution in [0, 0.1) is 5.92 Å². The zero-order valence-corrected chi connectivity index (χ0v) is 17.1. The zero-order chi connectivity index (χ0) is 19.1. The molecule has 2 heterocycles. The zero-order valence-electron chi connectivity index (χ0n) is 16.3. The van der Waals surface area contributed by atoms with E-state index in [9.17, 15) is 4.79 Å². The Balaban J connectivity index is 1.83. The molecule has 1 aliphatic carbocycles. The largest absolute Gasteiger partial charge is 0.328 e. The van der Waals surface area contributed by atoms with Crippen LogP contribution in [-0.2, 0) is 4.79 Å². The first-order chi connectivity index (χ1) is 13.0. The number of hydrogen-bond donors (Lipinski definition) is 1. The third kappa shape index (κ3) is 3.31. The number of aromatic nitrogens is 3. The van der Waals surface area contributed by atoms with Crippen LogP contribution in [0.3, 0.4) is 0 Å². The highest BCUT2D eigenvalue weighted by Crippen LogP contribution is 2.42. The topological polar surface area (TPSA) is 59.8 Å². The van der Waals surface area contributed by atoms with Crippen LogP contribution in [0.25, 0.3) is 0 Å². The molecule has 2 aromatic rings. The third-order valence-electron chi connectivity index (χ3n) is 5.30. The molecule has 0 fully saturated rings. The number of benzene rings is 1. The van der Waals surface area contributed by atoms with Gasteiger partial charge in [0.2, 0.25) is 11.1 Å². The molecule has 27 heavy (non-hydrogen) atoms. The van der Waals surface area contributed by atoms with Crippen molar-refractivity contribution in [1.82, 2.24) is 14.8 Å². The van der Waals surface area contributed by atoms with E-state index in [0.717, 1.165) is 40.1 Å². The molecule has 1 aromatic heterocycles. The number of nitrogens with one attached hydrogen (secondary N) is 1. The van der Waals surface area contributed by atoms with Crippen molar-refractivity contribution >= 4 is 23.5 Å². The lowest BCUT2D eigenvalue weighted by molar-refractivity contribution is -0.117. The molecule has 0 amide bonds. The van der Waals surface area contributed by atoms with E-state index in [1.54, 1.807) is 11.8 Å². The molecule has 1 aliphatic heterocycles. The van der Waals surface area contributed by atoms with Crippen LogP contribution in [0.4, 0.5) is 5.95 Å². The summed E-state index contributed by atoms with van der Waals surface area (Å²) in [4.78, 5) is 17.6. The van der Waals surface area contributed by atoms with Crippen LogP contribution in [-0.4, -0.2) is 26.3 Å². The fourth-order valence-corrected chi connectivity index (χ4v) is 4.50. The van der Waals surface area contributed by atoms with Crippen LogP contribution in [0.2, 0.25) is 0 Å². The summed E-state index contributed by atoms with van der Waals surface area (Å²) in [5.74, 6) is 2.71. The lowest BCUT2D eigenvalue weighted by Gasteiger charge is -2.34. The number of allylic oxidation sites excluding steroid dienone is 2. The summed E-state index contributed by atoms with van der Waals surface area (Å²) in [6.45, 7) is 8.61. The highest BCUT2D eigenvalue weighted by atomic mass is 32.2. The molecule has 0 bridgehead atoms. The van der Waals surface area contributed by atoms with E-state index in [0.29, 0.717) is 18.3 Å². The molecular formula is C21H26N4OS. The van der Waals surface area contributed by atoms with Crippen molar-refractivity contribution in [1.29, 1.82) is 0 Å². The fraction of sp³-hybridized carbons (Fsp3) is 0.476. The predicted octanol–water partition coefficient (Wildman–Crippen LogP) is 4.78. The fourth-order valence-electron chi connectivity index (χ4n) is 3.95. The number of anilines is 1. The summed E-state index contributed by atoms with van der Waals surface area (Å²) in [6, 6.07) is 8.40. The molecule has 2 atom stereocenters. The Morgan fingerprint density at radius 2 is 2.00 bits per heavy atom. The number of nitrogens with zero attached hydrogens (tertiary/aromatic N) is 3. The lowest BCUT2D eigenvalue weighted by atomic mass is 9.81. The molecule has 1 aromatic carbocycles. The molecule has 142 valence electrons. The van der Waals surface area contributed by atoms with Gasteiger partial charge in [-0.1, -0.05) is 63.7 Å². The van der Waals surface area contributed by atoms with Crippen LogP contribution in [0.1, 0.15) is 63.6 Å². The summed E-state index contributed by atoms with van der Waals surface area (Å²) in [5.41, 5.74) is 4.27. The van der Waals surface area contributed by atoms with Crippen molar-refractivity contribution in [2.75, 3.05) is 11.1 Å². The molecule has 5 nitrogen and oxygen atoms in total. The maximum absolute atomic E-state index is 13.0. The minimum atomic E-state index is -0.198. The summed E-state index contributed by atoms with van der Waals surface area (Å²) in [6.07, 6.45) is 1.48. The summed E-state index contributed by atoms with van der Waals surface area (Å²) in [5, 5.41) is 8.88. The van der Waals surface area contributed by atoms with Gasteiger partial charge >= 0.3 is 0 Å². The van der Waals surface area contributed by atoms with E-state index < -0.39 is 0 Å². The van der Waals surface area contributed by atoms with Gasteiger partial charge < -0.3 is 5.32 Å². The third-order valence-corrected chi connectivity index (χ3v) is 6.02. The highest BCUT2D eigenvalue weighted by molar-refractivity contribution is 7.99. The van der Waals surface area contributed by atoms with Crippen molar-refractivity contribution in [2.24, 2.45) is 5.92 Å². The number of hydrogen-bond acceptors (Lipinski definition) is 5. The number of Topliss-reactive ketones (excluding diaryl/α,β-unsaturated/α-hetero) is 1. The van der Waals surface area contributed by atoms with Gasteiger partial charge in [-0.25, -0.2) is 4.68 Å². The molecule has 0 unspecified atom stereocenters. The maximum Gasteiger partial charge on any atom is 0.227 e. The van der Waals surface area contributed by atoms with Crippen LogP contribution >= 0.6 is 11.8 Å². The van der Waals surface area contributed by atoms with E-state index in [2.05, 4.69) is 62.3 Å². The van der Waals surface area contributed by atoms with Crippen LogP contribution in [0.15, 0.2) is 40.7 Å². The predicted molar refractivity (Wildman–Crippen MR) is 109 cm³/mol. The minimum Gasteiger partial charge on any atom is -0.328 e. The van der Waals surface area contributed by atoms with Crippen molar-refractivity contribution in [3.8, 4) is 0 Å². The van der Waals surface area contributed by atoms with E-state index in [1.165, 1.54) is 5.56 Å². The van der Waals surface area contributed by atoms with Crippen molar-refractivity contribution in [2.45, 2.75) is 57.7 Å². The molecule has 4 rings (SSSR count). The molecule has 0 saturated heterocycles. The first-order valence-corrected chi connectivity index (χ1v) is 10.7. The van der Waals surface area contributed by atoms with Gasteiger partial charge in [-0.3, -0.25) is 4.79 Å². The molecule has 2 aliphatic rings. The first-order valence-electron chi connectivity index (χ1n) is 9.70. The molecule has 1 N–H and O–H groups in total. The van der Waals surface area contributed by atoms with E-state index in [-0.39, 0.29) is 11.8 Å². The van der Waals surface area contributed by atoms with Crippen molar-refractivity contribution in [3.63, 3.8) is 0 Å². The molecule has 0 radical (unpaired) electrons. The summed E-state index contributed by atoms with van der Waals surface area (Å²) < 4.78 is 1.90. The number of rotatable bonds is 4. The van der Waals surface area contributed by atoms with Gasteiger partial charge in [-0.15, -0.1) is 5.10 Å². The maximum atomic E-state index is 13.0. The SMILES string of the molecule is CCSc1nc2n(n1)[C@@H](c1ccc(C(C)C)cc1)C1=C(C[C@H](C)CC1=O)N2. The Morgan fingerprint density at radius 1 is 1.26 bits per heavy atom. The first kappa shape index (κ1) is 18.3. The number of carbonyl (C=O) groups excluding carboxylic acids is 1. The van der Waals surface area contributed by atoms with Gasteiger partial charge in [0.15, 0.2) is 5.78 Å². The Morgan fingerprint density at radius 3 is 2.67 bits per heavy atom. The molecule has 6 heteroatoms. The van der Waals surface area contributed by atoms with E-state index >= 15 is 0 Å². The second-order valence-corrected chi connectivity index (χ2v) is 9.00. The smallest absolute Gasteiger partial charge is 0.227 e. The van der Waals surface area contributed by atoms with Gasteiger partial charge in [0, 0.05) is 17.7 Å². The number of thioether (sulfide) groups is 1. The summed E-state index contributed by atoms with van der Waals surface area (Å²) >= 11 is 1.62. The van der Waals surface area contributed by atoms with E-state index in [4.69, 9.17) is 5.10 Å². The quantitative estimate of drug-likeness (QED) is 0.771. The standard InChI is InChI=1S/C21H26N4OS/c1-5-27-21-23-20-22-16-10-13(4)11-17(26)18(16)19(25(20)24-21)15-8-6-14(7-9-15)12(2)3/h6-9,12-13,19H,5,10-11H2,1-4H3,(H,22,23,24)/t13-,19-/m0/s1. The van der Waals surface area contributed by atoms with Crippen molar-refractivity contribution in [3.05, 3.63) is 46.7 Å². The van der Waals surface area contributed by atoms with Gasteiger partial charge in [0.1, 0.15) is 6.04 Å². The van der Waals surface area contributed by atoms with Gasteiger partial charge in [0.05, 0.1) is 0 Å². The Hall–Kier alpha value is -2.08. The van der Waals surface area contributed by atoms with Gasteiger partial charge in [-0.2, -0.15) is 4.98 Å². The average Bonchev–Trinajstić information content (AvgIpc) is 3.02. The monoisotopic (exact) mass is 382 g/mol. The Bertz CT molecular complexity index is 897. The lowest BCUT2D eigenvalue weighted by Crippen LogP contribution is -2.33.